The molecule has 0 bridgehead atoms. The number of piperidine rings is 1. The Balaban J connectivity index is 1.39. The van der Waals surface area contributed by atoms with Gasteiger partial charge >= 0.3 is 0 Å². The van der Waals surface area contributed by atoms with E-state index in [1.165, 1.54) is 24.8 Å². The van der Waals surface area contributed by atoms with Gasteiger partial charge in [0.1, 0.15) is 5.75 Å². The Kier molecular flexibility index (Phi) is 7.35. The molecule has 0 saturated carbocycles. The molecule has 1 aliphatic rings. The molecule has 2 aromatic carbocycles. The van der Waals surface area contributed by atoms with Crippen LogP contribution in [0.5, 0.6) is 5.75 Å². The van der Waals surface area contributed by atoms with E-state index >= 15 is 0 Å². The van der Waals surface area contributed by atoms with Crippen LogP contribution in [0.3, 0.4) is 0 Å². The van der Waals surface area contributed by atoms with E-state index in [4.69, 9.17) is 4.74 Å². The quantitative estimate of drug-likeness (QED) is 0.543. The number of carbonyl (C=O) groups is 1. The maximum absolute atomic E-state index is 12.5. The van der Waals surface area contributed by atoms with Gasteiger partial charge in [-0.2, -0.15) is 5.10 Å². The predicted molar refractivity (Wildman–Crippen MR) is 127 cm³/mol. The molecule has 1 unspecified atom stereocenters. The van der Waals surface area contributed by atoms with Gasteiger partial charge in [0.25, 0.3) is 0 Å². The summed E-state index contributed by atoms with van der Waals surface area (Å²) in [4.78, 5) is 15.0. The molecule has 0 aliphatic carbocycles. The lowest BCUT2D eigenvalue weighted by Gasteiger charge is -2.35. The maximum atomic E-state index is 12.5. The van der Waals surface area contributed by atoms with E-state index in [1.807, 2.05) is 48.7 Å². The largest absolute Gasteiger partial charge is 0.497 e. The number of nitrogens with one attached hydrogen (secondary N) is 1. The standard InChI is InChI=1S/C26H30N4O2/c1-32-24-13-11-22(12-14-24)25(29-16-6-3-7-17-29)19-27-26(31)15-10-21-18-28-30(20-21)23-8-4-2-5-9-23/h2,4-5,8-15,18,20,25H,3,6-7,16-17,19H2,1H3,(H,27,31). The number of hydrogen-bond donors (Lipinski definition) is 1. The van der Waals surface area contributed by atoms with Gasteiger partial charge in [0, 0.05) is 24.4 Å². The van der Waals surface area contributed by atoms with Gasteiger partial charge in [0.05, 0.1) is 25.0 Å². The van der Waals surface area contributed by atoms with Crippen LogP contribution in [0.2, 0.25) is 0 Å². The molecule has 1 aliphatic heterocycles. The van der Waals surface area contributed by atoms with Gasteiger partial charge < -0.3 is 10.1 Å². The Labute approximate surface area is 189 Å². The fraction of sp³-hybridized carbons (Fsp3) is 0.308. The van der Waals surface area contributed by atoms with Crippen molar-refractivity contribution in [1.82, 2.24) is 20.0 Å². The molecule has 1 fully saturated rings. The van der Waals surface area contributed by atoms with Crippen molar-refractivity contribution >= 4 is 12.0 Å². The molecule has 1 aromatic heterocycles. The molecular weight excluding hydrogens is 400 g/mol. The van der Waals surface area contributed by atoms with E-state index in [0.717, 1.165) is 30.1 Å². The van der Waals surface area contributed by atoms with Gasteiger partial charge in [-0.15, -0.1) is 0 Å². The molecule has 166 valence electrons. The summed E-state index contributed by atoms with van der Waals surface area (Å²) in [6.07, 6.45) is 10.7. The summed E-state index contributed by atoms with van der Waals surface area (Å²) in [5.74, 6) is 0.738. The lowest BCUT2D eigenvalue weighted by atomic mass is 10.0. The Morgan fingerprint density at radius 1 is 1.09 bits per heavy atom. The van der Waals surface area contributed by atoms with Gasteiger partial charge in [-0.05, 0) is 61.8 Å². The van der Waals surface area contributed by atoms with E-state index in [1.54, 1.807) is 30.1 Å². The van der Waals surface area contributed by atoms with E-state index in [2.05, 4.69) is 27.4 Å². The van der Waals surface area contributed by atoms with E-state index in [-0.39, 0.29) is 11.9 Å². The number of hydrogen-bond acceptors (Lipinski definition) is 4. The third-order valence-corrected chi connectivity index (χ3v) is 5.85. The number of benzene rings is 2. The van der Waals surface area contributed by atoms with Crippen molar-refractivity contribution in [2.75, 3.05) is 26.7 Å². The van der Waals surface area contributed by atoms with E-state index in [9.17, 15) is 4.79 Å². The average molecular weight is 431 g/mol. The SMILES string of the molecule is COc1ccc(C(CNC(=O)C=Cc2cnn(-c3ccccc3)c2)N2CCCCC2)cc1. The molecule has 6 heteroatoms. The Morgan fingerprint density at radius 3 is 2.56 bits per heavy atom. The second-order valence-electron chi connectivity index (χ2n) is 8.02. The summed E-state index contributed by atoms with van der Waals surface area (Å²) < 4.78 is 7.10. The minimum Gasteiger partial charge on any atom is -0.497 e. The average Bonchev–Trinajstić information content (AvgIpc) is 3.34. The fourth-order valence-corrected chi connectivity index (χ4v) is 4.09. The van der Waals surface area contributed by atoms with Crippen LogP contribution in [0.15, 0.2) is 73.1 Å². The summed E-state index contributed by atoms with van der Waals surface area (Å²) in [6.45, 7) is 2.68. The van der Waals surface area contributed by atoms with Crippen LogP contribution in [0.1, 0.15) is 36.4 Å². The third-order valence-electron chi connectivity index (χ3n) is 5.85. The minimum absolute atomic E-state index is 0.104. The van der Waals surface area contributed by atoms with Crippen molar-refractivity contribution in [2.24, 2.45) is 0 Å². The first-order chi connectivity index (χ1) is 15.7. The second kappa shape index (κ2) is 10.8. The van der Waals surface area contributed by atoms with Gasteiger partial charge in [0.2, 0.25) is 5.91 Å². The molecule has 3 aromatic rings. The van der Waals surface area contributed by atoms with Crippen LogP contribution in [0.4, 0.5) is 0 Å². The molecule has 1 amide bonds. The zero-order valence-corrected chi connectivity index (χ0v) is 18.5. The van der Waals surface area contributed by atoms with Crippen LogP contribution in [-0.4, -0.2) is 47.3 Å². The molecule has 32 heavy (non-hydrogen) atoms. The van der Waals surface area contributed by atoms with Crippen molar-refractivity contribution in [3.05, 3.63) is 84.2 Å². The zero-order chi connectivity index (χ0) is 22.2. The summed E-state index contributed by atoms with van der Waals surface area (Å²) >= 11 is 0. The second-order valence-corrected chi connectivity index (χ2v) is 8.02. The summed E-state index contributed by atoms with van der Waals surface area (Å²) in [6, 6.07) is 18.2. The van der Waals surface area contributed by atoms with Gasteiger partial charge in [-0.1, -0.05) is 36.8 Å². The molecule has 1 N–H and O–H groups in total. The number of likely N-dealkylation sites (tertiary alicyclic amines) is 1. The third kappa shape index (κ3) is 5.65. The Bertz CT molecular complexity index is 1020. The minimum atomic E-state index is -0.104. The van der Waals surface area contributed by atoms with Gasteiger partial charge in [-0.25, -0.2) is 4.68 Å². The van der Waals surface area contributed by atoms with E-state index < -0.39 is 0 Å². The van der Waals surface area contributed by atoms with Crippen molar-refractivity contribution < 1.29 is 9.53 Å². The lowest BCUT2D eigenvalue weighted by Crippen LogP contribution is -2.40. The van der Waals surface area contributed by atoms with Crippen LogP contribution >= 0.6 is 0 Å². The maximum Gasteiger partial charge on any atom is 0.244 e. The lowest BCUT2D eigenvalue weighted by molar-refractivity contribution is -0.116. The monoisotopic (exact) mass is 430 g/mol. The number of carbonyl (C=O) groups excluding carboxylic acids is 1. The van der Waals surface area contributed by atoms with Crippen LogP contribution in [0, 0.1) is 0 Å². The van der Waals surface area contributed by atoms with Crippen LogP contribution in [-0.2, 0) is 4.79 Å². The Morgan fingerprint density at radius 2 is 1.84 bits per heavy atom. The number of rotatable bonds is 8. The topological polar surface area (TPSA) is 59.4 Å². The van der Waals surface area contributed by atoms with Crippen molar-refractivity contribution in [2.45, 2.75) is 25.3 Å². The number of ether oxygens (including phenoxy) is 1. The molecule has 0 radical (unpaired) electrons. The van der Waals surface area contributed by atoms with Crippen molar-refractivity contribution in [3.8, 4) is 11.4 Å². The van der Waals surface area contributed by atoms with E-state index in [0.29, 0.717) is 6.54 Å². The number of para-hydroxylation sites is 1. The summed E-state index contributed by atoms with van der Waals surface area (Å²) in [5, 5.41) is 7.46. The highest BCUT2D eigenvalue weighted by Crippen LogP contribution is 2.26. The van der Waals surface area contributed by atoms with Gasteiger partial charge in [-0.3, -0.25) is 9.69 Å². The number of nitrogens with zero attached hydrogens (tertiary/aromatic N) is 3. The highest BCUT2D eigenvalue weighted by molar-refractivity contribution is 5.91. The van der Waals surface area contributed by atoms with Crippen LogP contribution in [0.25, 0.3) is 11.8 Å². The first-order valence-corrected chi connectivity index (χ1v) is 11.2. The highest BCUT2D eigenvalue weighted by atomic mass is 16.5. The van der Waals surface area contributed by atoms with Crippen molar-refractivity contribution in [1.29, 1.82) is 0 Å². The molecule has 6 nitrogen and oxygen atoms in total. The fourth-order valence-electron chi connectivity index (χ4n) is 4.09. The first-order valence-electron chi connectivity index (χ1n) is 11.2. The van der Waals surface area contributed by atoms with Gasteiger partial charge in [0.15, 0.2) is 0 Å². The molecule has 0 spiro atoms. The summed E-state index contributed by atoms with van der Waals surface area (Å²) in [7, 11) is 1.67. The number of amides is 1. The zero-order valence-electron chi connectivity index (χ0n) is 18.5. The first kappa shape index (κ1) is 21.8. The predicted octanol–water partition coefficient (Wildman–Crippen LogP) is 4.24. The Hall–Kier alpha value is -3.38. The normalized spacial score (nSPS) is 15.5. The van der Waals surface area contributed by atoms with Crippen LogP contribution < -0.4 is 10.1 Å². The molecule has 4 rings (SSSR count). The summed E-state index contributed by atoms with van der Waals surface area (Å²) in [5.41, 5.74) is 3.06. The number of aromatic nitrogens is 2. The molecule has 1 saturated heterocycles. The molecular formula is C26H30N4O2. The smallest absolute Gasteiger partial charge is 0.244 e. The molecule has 1 atom stereocenters. The highest BCUT2D eigenvalue weighted by Gasteiger charge is 2.22. The van der Waals surface area contributed by atoms with Crippen molar-refractivity contribution in [3.63, 3.8) is 0 Å². The number of methoxy groups -OCH3 is 1. The molecule has 2 heterocycles.